The maximum atomic E-state index is 12.7. The van der Waals surface area contributed by atoms with E-state index in [1.54, 1.807) is 24.3 Å². The number of para-hydroxylation sites is 1. The van der Waals surface area contributed by atoms with Crippen molar-refractivity contribution in [1.82, 2.24) is 0 Å². The number of methoxy groups -OCH3 is 1. The second-order valence-electron chi connectivity index (χ2n) is 5.10. The molecule has 0 bridgehead atoms. The van der Waals surface area contributed by atoms with Gasteiger partial charge in [-0.3, -0.25) is 0 Å². The molecule has 2 aromatic carbocycles. The Labute approximate surface area is 147 Å². The lowest BCUT2D eigenvalue weighted by atomic mass is 10.1. The van der Waals surface area contributed by atoms with Crippen LogP contribution in [0.4, 0.5) is 29.3 Å². The summed E-state index contributed by atoms with van der Waals surface area (Å²) in [6.07, 6.45) is -1.86. The number of hydrogen-bond donors (Lipinski definition) is 2. The van der Waals surface area contributed by atoms with Gasteiger partial charge in [0.1, 0.15) is 0 Å². The summed E-state index contributed by atoms with van der Waals surface area (Å²) in [5.41, 5.74) is 0.0332. The number of carbonyl (C=O) groups is 2. The molecule has 0 aliphatic carbocycles. The van der Waals surface area contributed by atoms with Gasteiger partial charge in [-0.05, 0) is 35.9 Å². The molecule has 136 valence electrons. The summed E-state index contributed by atoms with van der Waals surface area (Å²) in [6, 6.07) is 10.2. The number of urea groups is 1. The number of anilines is 2. The van der Waals surface area contributed by atoms with Crippen LogP contribution in [0.1, 0.15) is 11.1 Å². The highest BCUT2D eigenvalue weighted by atomic mass is 19.4. The van der Waals surface area contributed by atoms with Crippen LogP contribution in [0.5, 0.6) is 0 Å². The number of rotatable bonds is 4. The maximum absolute atomic E-state index is 12.7. The minimum Gasteiger partial charge on any atom is -0.466 e. The molecule has 0 aliphatic heterocycles. The average Bonchev–Trinajstić information content (AvgIpc) is 2.60. The molecule has 8 heteroatoms. The topological polar surface area (TPSA) is 67.4 Å². The number of halogens is 3. The zero-order chi connectivity index (χ0) is 19.2. The van der Waals surface area contributed by atoms with Crippen molar-refractivity contribution in [2.24, 2.45) is 0 Å². The number of hydrogen-bond acceptors (Lipinski definition) is 3. The van der Waals surface area contributed by atoms with E-state index in [1.807, 2.05) is 0 Å². The van der Waals surface area contributed by atoms with E-state index in [4.69, 9.17) is 0 Å². The Hall–Kier alpha value is -3.29. The SMILES string of the molecule is COC(=O)/C=C/c1ccccc1NC(=O)Nc1cccc(C(F)(F)F)c1. The summed E-state index contributed by atoms with van der Waals surface area (Å²) in [4.78, 5) is 23.2. The van der Waals surface area contributed by atoms with Crippen molar-refractivity contribution in [1.29, 1.82) is 0 Å². The molecular weight excluding hydrogens is 349 g/mol. The number of carbonyl (C=O) groups excluding carboxylic acids is 2. The third-order valence-corrected chi connectivity index (χ3v) is 3.26. The highest BCUT2D eigenvalue weighted by Crippen LogP contribution is 2.30. The number of ether oxygens (including phenoxy) is 1. The molecule has 0 atom stereocenters. The van der Waals surface area contributed by atoms with E-state index < -0.39 is 23.7 Å². The van der Waals surface area contributed by atoms with Crippen LogP contribution in [0.15, 0.2) is 54.6 Å². The van der Waals surface area contributed by atoms with Gasteiger partial charge in [0.25, 0.3) is 0 Å². The zero-order valence-corrected chi connectivity index (χ0v) is 13.6. The summed E-state index contributed by atoms with van der Waals surface area (Å²) in [7, 11) is 1.24. The highest BCUT2D eigenvalue weighted by Gasteiger charge is 2.30. The van der Waals surface area contributed by atoms with Crippen molar-refractivity contribution in [2.45, 2.75) is 6.18 Å². The minimum absolute atomic E-state index is 0.0000843. The van der Waals surface area contributed by atoms with Crippen LogP contribution in [-0.4, -0.2) is 19.1 Å². The molecule has 2 N–H and O–H groups in total. The van der Waals surface area contributed by atoms with Gasteiger partial charge in [-0.25, -0.2) is 9.59 Å². The summed E-state index contributed by atoms with van der Waals surface area (Å²) in [5, 5.41) is 4.86. The molecule has 26 heavy (non-hydrogen) atoms. The van der Waals surface area contributed by atoms with Gasteiger partial charge in [0, 0.05) is 17.5 Å². The molecule has 5 nitrogen and oxygen atoms in total. The molecule has 0 spiro atoms. The summed E-state index contributed by atoms with van der Waals surface area (Å²) in [5.74, 6) is -0.562. The Morgan fingerprint density at radius 1 is 1.04 bits per heavy atom. The molecule has 0 radical (unpaired) electrons. The number of esters is 1. The standard InChI is InChI=1S/C18H15F3N2O3/c1-26-16(24)10-9-12-5-2-3-8-15(12)23-17(25)22-14-7-4-6-13(11-14)18(19,20)21/h2-11H,1H3,(H2,22,23,25)/b10-9+. The van der Waals surface area contributed by atoms with Gasteiger partial charge in [-0.15, -0.1) is 0 Å². The van der Waals surface area contributed by atoms with E-state index in [0.717, 1.165) is 12.1 Å². The van der Waals surface area contributed by atoms with E-state index in [-0.39, 0.29) is 5.69 Å². The first-order chi connectivity index (χ1) is 12.3. The molecule has 0 heterocycles. The van der Waals surface area contributed by atoms with Gasteiger partial charge < -0.3 is 15.4 Å². The summed E-state index contributed by atoms with van der Waals surface area (Å²) < 4.78 is 42.6. The Morgan fingerprint density at radius 2 is 1.77 bits per heavy atom. The number of nitrogens with one attached hydrogen (secondary N) is 2. The van der Waals surface area contributed by atoms with Crippen LogP contribution in [-0.2, 0) is 15.7 Å². The molecule has 2 rings (SSSR count). The Balaban J connectivity index is 2.11. The second-order valence-corrected chi connectivity index (χ2v) is 5.10. The van der Waals surface area contributed by atoms with Crippen molar-refractivity contribution in [3.05, 3.63) is 65.7 Å². The third-order valence-electron chi connectivity index (χ3n) is 3.26. The molecule has 0 saturated heterocycles. The zero-order valence-electron chi connectivity index (χ0n) is 13.6. The van der Waals surface area contributed by atoms with Gasteiger partial charge in [0.2, 0.25) is 0 Å². The predicted molar refractivity (Wildman–Crippen MR) is 91.6 cm³/mol. The minimum atomic E-state index is -4.50. The quantitative estimate of drug-likeness (QED) is 0.618. The van der Waals surface area contributed by atoms with Gasteiger partial charge in [0.15, 0.2) is 0 Å². The molecule has 0 saturated carbocycles. The van der Waals surface area contributed by atoms with Crippen LogP contribution in [0.2, 0.25) is 0 Å². The van der Waals surface area contributed by atoms with Gasteiger partial charge >= 0.3 is 18.2 Å². The van der Waals surface area contributed by atoms with E-state index in [9.17, 15) is 22.8 Å². The van der Waals surface area contributed by atoms with Gasteiger partial charge in [-0.1, -0.05) is 24.3 Å². The fraction of sp³-hybridized carbons (Fsp3) is 0.111. The first-order valence-corrected chi connectivity index (χ1v) is 7.40. The van der Waals surface area contributed by atoms with Crippen LogP contribution in [0.25, 0.3) is 6.08 Å². The molecule has 2 amide bonds. The first-order valence-electron chi connectivity index (χ1n) is 7.40. The van der Waals surface area contributed by atoms with E-state index in [2.05, 4.69) is 15.4 Å². The molecule has 0 unspecified atom stereocenters. The molecule has 2 aromatic rings. The number of alkyl halides is 3. The van der Waals surface area contributed by atoms with Crippen molar-refractivity contribution < 1.29 is 27.5 Å². The van der Waals surface area contributed by atoms with Crippen molar-refractivity contribution >= 4 is 29.5 Å². The molecule has 0 aliphatic rings. The fourth-order valence-corrected chi connectivity index (χ4v) is 2.04. The van der Waals surface area contributed by atoms with Gasteiger partial charge in [-0.2, -0.15) is 13.2 Å². The van der Waals surface area contributed by atoms with Crippen LogP contribution >= 0.6 is 0 Å². The fourth-order valence-electron chi connectivity index (χ4n) is 2.04. The number of benzene rings is 2. The van der Waals surface area contributed by atoms with Crippen LogP contribution < -0.4 is 10.6 Å². The summed E-state index contributed by atoms with van der Waals surface area (Å²) in [6.45, 7) is 0. The Kier molecular flexibility index (Phi) is 6.00. The first kappa shape index (κ1) is 19.0. The molecular formula is C18H15F3N2O3. The van der Waals surface area contributed by atoms with Crippen molar-refractivity contribution in [3.8, 4) is 0 Å². The van der Waals surface area contributed by atoms with E-state index in [0.29, 0.717) is 11.3 Å². The lowest BCUT2D eigenvalue weighted by molar-refractivity contribution is -0.137. The van der Waals surface area contributed by atoms with Crippen molar-refractivity contribution in [2.75, 3.05) is 17.7 Å². The monoisotopic (exact) mass is 364 g/mol. The Bertz CT molecular complexity index is 832. The smallest absolute Gasteiger partial charge is 0.416 e. The normalized spacial score (nSPS) is 11.2. The predicted octanol–water partition coefficient (Wildman–Crippen LogP) is 4.54. The van der Waals surface area contributed by atoms with E-state index >= 15 is 0 Å². The lowest BCUT2D eigenvalue weighted by Gasteiger charge is -2.12. The van der Waals surface area contributed by atoms with Gasteiger partial charge in [0.05, 0.1) is 12.7 Å². The lowest BCUT2D eigenvalue weighted by Crippen LogP contribution is -2.20. The average molecular weight is 364 g/mol. The molecule has 0 aromatic heterocycles. The largest absolute Gasteiger partial charge is 0.466 e. The Morgan fingerprint density at radius 3 is 2.46 bits per heavy atom. The second kappa shape index (κ2) is 8.19. The van der Waals surface area contributed by atoms with Crippen molar-refractivity contribution in [3.63, 3.8) is 0 Å². The van der Waals surface area contributed by atoms with E-state index in [1.165, 1.54) is 31.4 Å². The highest BCUT2D eigenvalue weighted by molar-refractivity contribution is 6.01. The third kappa shape index (κ3) is 5.37. The number of amides is 2. The summed E-state index contributed by atoms with van der Waals surface area (Å²) >= 11 is 0. The van der Waals surface area contributed by atoms with Crippen LogP contribution in [0.3, 0.4) is 0 Å². The molecule has 0 fully saturated rings. The van der Waals surface area contributed by atoms with Crippen LogP contribution in [0, 0.1) is 0 Å². The maximum Gasteiger partial charge on any atom is 0.416 e.